The summed E-state index contributed by atoms with van der Waals surface area (Å²) < 4.78 is 7.15. The van der Waals surface area contributed by atoms with Gasteiger partial charge in [0.15, 0.2) is 0 Å². The molecule has 4 nitrogen and oxygen atoms in total. The minimum Gasteiger partial charge on any atom is -0.443 e. The summed E-state index contributed by atoms with van der Waals surface area (Å²) in [4.78, 5) is 16.9. The van der Waals surface area contributed by atoms with Gasteiger partial charge < -0.3 is 4.42 Å². The molecule has 0 radical (unpaired) electrons. The van der Waals surface area contributed by atoms with Gasteiger partial charge in [0.05, 0.1) is 6.54 Å². The maximum Gasteiger partial charge on any atom is 0.265 e. The molecule has 0 saturated heterocycles. The molecule has 0 spiro atoms. The first-order valence-electron chi connectivity index (χ1n) is 6.98. The highest BCUT2D eigenvalue weighted by Crippen LogP contribution is 2.19. The molecule has 0 aliphatic rings. The third kappa shape index (κ3) is 2.27. The minimum atomic E-state index is -0.0461. The molecule has 3 rings (SSSR count). The van der Waals surface area contributed by atoms with Crippen molar-refractivity contribution < 1.29 is 4.42 Å². The van der Waals surface area contributed by atoms with Crippen molar-refractivity contribution in [3.63, 3.8) is 0 Å². The summed E-state index contributed by atoms with van der Waals surface area (Å²) in [6, 6.07) is 6.26. The zero-order chi connectivity index (χ0) is 15.1. The van der Waals surface area contributed by atoms with Gasteiger partial charge in [0.25, 0.3) is 5.56 Å². The van der Waals surface area contributed by atoms with Crippen molar-refractivity contribution in [1.29, 1.82) is 0 Å². The van der Waals surface area contributed by atoms with Crippen LogP contribution in [0, 0.1) is 27.7 Å². The molecule has 0 bridgehead atoms. The third-order valence-corrected chi connectivity index (χ3v) is 4.00. The fourth-order valence-electron chi connectivity index (χ4n) is 2.54. The normalized spacial score (nSPS) is 11.2. The van der Waals surface area contributed by atoms with E-state index in [9.17, 15) is 4.79 Å². The Kier molecular flexibility index (Phi) is 3.16. The molecule has 2 aromatic heterocycles. The number of nitrogens with zero attached hydrogens (tertiary/aromatic N) is 2. The molecule has 0 amide bonds. The van der Waals surface area contributed by atoms with Crippen molar-refractivity contribution in [2.75, 3.05) is 0 Å². The second kappa shape index (κ2) is 4.88. The van der Waals surface area contributed by atoms with Crippen LogP contribution in [-0.4, -0.2) is 9.55 Å². The molecule has 108 valence electrons. The van der Waals surface area contributed by atoms with Crippen LogP contribution < -0.4 is 5.56 Å². The molecule has 0 unspecified atom stereocenters. The van der Waals surface area contributed by atoms with Crippen molar-refractivity contribution in [2.24, 2.45) is 0 Å². The van der Waals surface area contributed by atoms with Crippen LogP contribution in [-0.2, 0) is 6.54 Å². The maximum absolute atomic E-state index is 12.6. The predicted molar refractivity (Wildman–Crippen MR) is 82.8 cm³/mol. The van der Waals surface area contributed by atoms with Gasteiger partial charge in [-0.2, -0.15) is 0 Å². The Labute approximate surface area is 123 Å². The van der Waals surface area contributed by atoms with E-state index >= 15 is 0 Å². The van der Waals surface area contributed by atoms with Crippen LogP contribution in [0.25, 0.3) is 11.1 Å². The highest BCUT2D eigenvalue weighted by Gasteiger charge is 2.14. The first-order valence-corrected chi connectivity index (χ1v) is 6.98. The quantitative estimate of drug-likeness (QED) is 0.724. The van der Waals surface area contributed by atoms with Crippen LogP contribution in [0.1, 0.15) is 28.0 Å². The Hall–Kier alpha value is -2.36. The fraction of sp³-hybridized carbons (Fsp3) is 0.294. The van der Waals surface area contributed by atoms with Gasteiger partial charge in [-0.05, 0) is 38.8 Å². The third-order valence-electron chi connectivity index (χ3n) is 4.00. The minimum absolute atomic E-state index is 0.0461. The van der Waals surface area contributed by atoms with Gasteiger partial charge in [-0.25, -0.2) is 4.98 Å². The van der Waals surface area contributed by atoms with Crippen LogP contribution in [0.2, 0.25) is 0 Å². The Morgan fingerprint density at radius 2 is 1.95 bits per heavy atom. The number of benzene rings is 1. The molecule has 0 aliphatic carbocycles. The molecule has 1 aromatic carbocycles. The van der Waals surface area contributed by atoms with E-state index in [2.05, 4.69) is 37.0 Å². The van der Waals surface area contributed by atoms with Crippen LogP contribution in [0.3, 0.4) is 0 Å². The molecule has 0 N–H and O–H groups in total. The summed E-state index contributed by atoms with van der Waals surface area (Å²) in [7, 11) is 0. The molecule has 2 heterocycles. The Morgan fingerprint density at radius 3 is 2.71 bits per heavy atom. The molecule has 0 atom stereocenters. The van der Waals surface area contributed by atoms with Gasteiger partial charge in [-0.15, -0.1) is 0 Å². The van der Waals surface area contributed by atoms with Crippen molar-refractivity contribution in [3.05, 3.63) is 62.9 Å². The highest BCUT2D eigenvalue weighted by atomic mass is 16.3. The second-order valence-corrected chi connectivity index (χ2v) is 5.57. The molecular weight excluding hydrogens is 264 g/mol. The van der Waals surface area contributed by atoms with Gasteiger partial charge in [0.1, 0.15) is 17.5 Å². The van der Waals surface area contributed by atoms with Gasteiger partial charge in [0, 0.05) is 5.56 Å². The van der Waals surface area contributed by atoms with E-state index in [4.69, 9.17) is 4.42 Å². The van der Waals surface area contributed by atoms with E-state index in [0.717, 1.165) is 16.9 Å². The summed E-state index contributed by atoms with van der Waals surface area (Å²) in [6.07, 6.45) is 1.56. The first-order chi connectivity index (χ1) is 9.97. The lowest BCUT2D eigenvalue weighted by Crippen LogP contribution is -2.21. The smallest absolute Gasteiger partial charge is 0.265 e. The molecule has 21 heavy (non-hydrogen) atoms. The summed E-state index contributed by atoms with van der Waals surface area (Å²) in [5, 5.41) is 0.584. The average Bonchev–Trinajstić information content (AvgIpc) is 2.73. The Balaban J connectivity index is 2.13. The second-order valence-electron chi connectivity index (χ2n) is 5.57. The largest absolute Gasteiger partial charge is 0.443 e. The lowest BCUT2D eigenvalue weighted by molar-refractivity contribution is 0.561. The molecule has 0 aliphatic heterocycles. The molecule has 0 saturated carbocycles. The number of furan rings is 1. The van der Waals surface area contributed by atoms with Crippen LogP contribution in [0.4, 0.5) is 0 Å². The lowest BCUT2D eigenvalue weighted by atomic mass is 10.1. The summed E-state index contributed by atoms with van der Waals surface area (Å²) in [5.41, 5.74) is 4.75. The monoisotopic (exact) mass is 282 g/mol. The van der Waals surface area contributed by atoms with Crippen molar-refractivity contribution in [3.8, 4) is 0 Å². The number of aryl methyl sites for hydroxylation is 4. The molecule has 4 heteroatoms. The topological polar surface area (TPSA) is 48.0 Å². The number of aromatic nitrogens is 2. The number of fused-ring (bicyclic) bond motifs is 1. The van der Waals surface area contributed by atoms with Crippen LogP contribution in [0.15, 0.2) is 33.7 Å². The standard InChI is InChI=1S/C17H18N2O2/c1-10-5-6-11(2)14(7-10)8-19-9-18-16-15(17(19)20)12(3)13(4)21-16/h5-7,9H,8H2,1-4H3. The average molecular weight is 282 g/mol. The van der Waals surface area contributed by atoms with E-state index in [1.165, 1.54) is 11.1 Å². The SMILES string of the molecule is Cc1ccc(C)c(Cn2cnc3oc(C)c(C)c3c2=O)c1. The number of hydrogen-bond donors (Lipinski definition) is 0. The first kappa shape index (κ1) is 13.6. The van der Waals surface area contributed by atoms with E-state index in [1.54, 1.807) is 10.9 Å². The Bertz CT molecular complexity index is 888. The zero-order valence-electron chi connectivity index (χ0n) is 12.7. The summed E-state index contributed by atoms with van der Waals surface area (Å²) >= 11 is 0. The maximum atomic E-state index is 12.6. The zero-order valence-corrected chi connectivity index (χ0v) is 12.7. The van der Waals surface area contributed by atoms with E-state index in [0.29, 0.717) is 17.6 Å². The van der Waals surface area contributed by atoms with Crippen molar-refractivity contribution in [1.82, 2.24) is 9.55 Å². The van der Waals surface area contributed by atoms with Crippen LogP contribution >= 0.6 is 0 Å². The Morgan fingerprint density at radius 1 is 1.19 bits per heavy atom. The summed E-state index contributed by atoms with van der Waals surface area (Å²) in [6.45, 7) is 8.38. The predicted octanol–water partition coefficient (Wildman–Crippen LogP) is 3.27. The molecule has 3 aromatic rings. The van der Waals surface area contributed by atoms with Gasteiger partial charge in [0.2, 0.25) is 5.71 Å². The van der Waals surface area contributed by atoms with E-state index < -0.39 is 0 Å². The molecular formula is C17H18N2O2. The fourth-order valence-corrected chi connectivity index (χ4v) is 2.54. The van der Waals surface area contributed by atoms with E-state index in [-0.39, 0.29) is 5.56 Å². The van der Waals surface area contributed by atoms with Gasteiger partial charge in [-0.3, -0.25) is 9.36 Å². The van der Waals surface area contributed by atoms with E-state index in [1.807, 2.05) is 13.8 Å². The van der Waals surface area contributed by atoms with Gasteiger partial charge in [-0.1, -0.05) is 23.8 Å². The number of hydrogen-bond acceptors (Lipinski definition) is 3. The van der Waals surface area contributed by atoms with Crippen LogP contribution in [0.5, 0.6) is 0 Å². The van der Waals surface area contributed by atoms with Crippen molar-refractivity contribution >= 4 is 11.1 Å². The lowest BCUT2D eigenvalue weighted by Gasteiger charge is -2.09. The van der Waals surface area contributed by atoms with Crippen molar-refractivity contribution in [2.45, 2.75) is 34.2 Å². The van der Waals surface area contributed by atoms with Gasteiger partial charge >= 0.3 is 0 Å². The highest BCUT2D eigenvalue weighted by molar-refractivity contribution is 5.77. The molecule has 0 fully saturated rings. The summed E-state index contributed by atoms with van der Waals surface area (Å²) in [5.74, 6) is 0.749. The number of rotatable bonds is 2.